The summed E-state index contributed by atoms with van der Waals surface area (Å²) in [6.45, 7) is 3.70. The van der Waals surface area contributed by atoms with E-state index in [2.05, 4.69) is 5.43 Å². The molecule has 1 fully saturated rings. The Balaban J connectivity index is 2.21. The molecule has 1 aliphatic heterocycles. The van der Waals surface area contributed by atoms with E-state index in [-0.39, 0.29) is 5.91 Å². The minimum atomic E-state index is 0.0878. The first-order valence-electron chi connectivity index (χ1n) is 6.59. The van der Waals surface area contributed by atoms with Crippen molar-refractivity contribution in [3.8, 4) is 0 Å². The van der Waals surface area contributed by atoms with Crippen molar-refractivity contribution in [1.82, 2.24) is 4.90 Å². The second-order valence-corrected chi connectivity index (χ2v) is 4.90. The van der Waals surface area contributed by atoms with E-state index < -0.39 is 0 Å². The first-order chi connectivity index (χ1) is 8.72. The lowest BCUT2D eigenvalue weighted by Crippen LogP contribution is -2.32. The lowest BCUT2D eigenvalue weighted by atomic mass is 10.1. The summed E-state index contributed by atoms with van der Waals surface area (Å²) < 4.78 is 0. The van der Waals surface area contributed by atoms with Crippen molar-refractivity contribution < 1.29 is 4.79 Å². The summed E-state index contributed by atoms with van der Waals surface area (Å²) in [5.41, 5.74) is 5.10. The highest BCUT2D eigenvalue weighted by Crippen LogP contribution is 2.20. The third-order valence-corrected chi connectivity index (χ3v) is 3.45. The number of hydrogen-bond acceptors (Lipinski definition) is 3. The highest BCUT2D eigenvalue weighted by Gasteiger charge is 2.19. The molecule has 0 aromatic heterocycles. The Morgan fingerprint density at radius 1 is 1.22 bits per heavy atom. The molecule has 0 aliphatic carbocycles. The number of amides is 1. The molecule has 1 amide bonds. The number of rotatable bonds is 2. The lowest BCUT2D eigenvalue weighted by molar-refractivity contribution is 0.0762. The molecule has 1 aliphatic rings. The highest BCUT2D eigenvalue weighted by atomic mass is 16.2. The van der Waals surface area contributed by atoms with E-state index in [1.54, 1.807) is 0 Å². The number of likely N-dealkylation sites (tertiary alicyclic amines) is 1. The molecule has 0 spiro atoms. The van der Waals surface area contributed by atoms with Crippen LogP contribution in [0.15, 0.2) is 18.2 Å². The highest BCUT2D eigenvalue weighted by molar-refractivity contribution is 5.99. The molecule has 1 heterocycles. The zero-order chi connectivity index (χ0) is 13.0. The number of benzene rings is 1. The van der Waals surface area contributed by atoms with Gasteiger partial charge in [-0.15, -0.1) is 0 Å². The minimum absolute atomic E-state index is 0.0878. The molecule has 4 nitrogen and oxygen atoms in total. The predicted molar refractivity (Wildman–Crippen MR) is 73.4 cm³/mol. The normalized spacial score (nSPS) is 16.2. The molecule has 1 saturated heterocycles. The van der Waals surface area contributed by atoms with Gasteiger partial charge >= 0.3 is 0 Å². The molecule has 0 unspecified atom stereocenters. The summed E-state index contributed by atoms with van der Waals surface area (Å²) >= 11 is 0. The fraction of sp³-hybridized carbons (Fsp3) is 0.500. The number of carbonyl (C=O) groups is 1. The maximum Gasteiger partial charge on any atom is 0.256 e. The summed E-state index contributed by atoms with van der Waals surface area (Å²) in [6.07, 6.45) is 4.64. The van der Waals surface area contributed by atoms with Gasteiger partial charge < -0.3 is 10.3 Å². The van der Waals surface area contributed by atoms with E-state index in [1.807, 2.05) is 30.0 Å². The fourth-order valence-electron chi connectivity index (χ4n) is 2.41. The van der Waals surface area contributed by atoms with E-state index in [0.29, 0.717) is 11.3 Å². The zero-order valence-corrected chi connectivity index (χ0v) is 10.9. The Morgan fingerprint density at radius 2 is 1.89 bits per heavy atom. The molecule has 0 bridgehead atoms. The van der Waals surface area contributed by atoms with Gasteiger partial charge in [0.2, 0.25) is 0 Å². The van der Waals surface area contributed by atoms with E-state index in [4.69, 9.17) is 5.84 Å². The first-order valence-corrected chi connectivity index (χ1v) is 6.59. The quantitative estimate of drug-likeness (QED) is 0.622. The van der Waals surface area contributed by atoms with Crippen LogP contribution in [-0.2, 0) is 0 Å². The Hall–Kier alpha value is -1.55. The molecule has 0 radical (unpaired) electrons. The standard InChI is InChI=1S/C14H21N3O/c1-11-6-7-12(13(10-11)16-15)14(18)17-8-4-2-3-5-9-17/h6-7,10,16H,2-5,8-9,15H2,1H3. The largest absolute Gasteiger partial charge is 0.339 e. The Bertz CT molecular complexity index is 423. The van der Waals surface area contributed by atoms with Gasteiger partial charge in [0.05, 0.1) is 11.3 Å². The van der Waals surface area contributed by atoms with Crippen LogP contribution in [0, 0.1) is 6.92 Å². The van der Waals surface area contributed by atoms with Crippen LogP contribution in [0.25, 0.3) is 0 Å². The van der Waals surface area contributed by atoms with Crippen molar-refractivity contribution in [3.63, 3.8) is 0 Å². The van der Waals surface area contributed by atoms with Crippen LogP contribution in [0.5, 0.6) is 0 Å². The Kier molecular flexibility index (Phi) is 4.20. The summed E-state index contributed by atoms with van der Waals surface area (Å²) in [4.78, 5) is 14.4. The van der Waals surface area contributed by atoms with E-state index in [9.17, 15) is 4.79 Å². The summed E-state index contributed by atoms with van der Waals surface area (Å²) in [5, 5.41) is 0. The number of aryl methyl sites for hydroxylation is 1. The number of hydrazine groups is 1. The minimum Gasteiger partial charge on any atom is -0.339 e. The molecule has 0 saturated carbocycles. The molecule has 1 aromatic carbocycles. The van der Waals surface area contributed by atoms with Crippen LogP contribution in [0.4, 0.5) is 5.69 Å². The molecule has 18 heavy (non-hydrogen) atoms. The second kappa shape index (κ2) is 5.87. The second-order valence-electron chi connectivity index (χ2n) is 4.90. The maximum atomic E-state index is 12.5. The molecule has 2 rings (SSSR count). The van der Waals surface area contributed by atoms with Crippen molar-refractivity contribution in [3.05, 3.63) is 29.3 Å². The van der Waals surface area contributed by atoms with Gasteiger partial charge in [0.15, 0.2) is 0 Å². The third kappa shape index (κ3) is 2.82. The number of nitrogen functional groups attached to an aromatic ring is 1. The van der Waals surface area contributed by atoms with Crippen LogP contribution in [0.1, 0.15) is 41.6 Å². The van der Waals surface area contributed by atoms with Crippen LogP contribution in [-0.4, -0.2) is 23.9 Å². The lowest BCUT2D eigenvalue weighted by Gasteiger charge is -2.21. The molecule has 3 N–H and O–H groups in total. The van der Waals surface area contributed by atoms with Crippen molar-refractivity contribution in [1.29, 1.82) is 0 Å². The van der Waals surface area contributed by atoms with Crippen molar-refractivity contribution in [2.45, 2.75) is 32.6 Å². The van der Waals surface area contributed by atoms with Gasteiger partial charge in [0.1, 0.15) is 0 Å². The maximum absolute atomic E-state index is 12.5. The number of nitrogens with zero attached hydrogens (tertiary/aromatic N) is 1. The number of hydrogen-bond donors (Lipinski definition) is 2. The average molecular weight is 247 g/mol. The average Bonchev–Trinajstić information content (AvgIpc) is 2.66. The van der Waals surface area contributed by atoms with Gasteiger partial charge in [-0.2, -0.15) is 0 Å². The summed E-state index contributed by atoms with van der Waals surface area (Å²) in [6, 6.07) is 5.72. The van der Waals surface area contributed by atoms with Gasteiger partial charge in [0, 0.05) is 13.1 Å². The molecule has 98 valence electrons. The Labute approximate surface area is 108 Å². The first kappa shape index (κ1) is 12.9. The van der Waals surface area contributed by atoms with Crippen molar-refractivity contribution in [2.24, 2.45) is 5.84 Å². The smallest absolute Gasteiger partial charge is 0.256 e. The van der Waals surface area contributed by atoms with Crippen LogP contribution in [0.2, 0.25) is 0 Å². The van der Waals surface area contributed by atoms with E-state index >= 15 is 0 Å². The number of anilines is 1. The van der Waals surface area contributed by atoms with Gasteiger partial charge in [-0.25, -0.2) is 0 Å². The van der Waals surface area contributed by atoms with E-state index in [0.717, 1.165) is 31.5 Å². The van der Waals surface area contributed by atoms with Crippen LogP contribution >= 0.6 is 0 Å². The predicted octanol–water partition coefficient (Wildman–Crippen LogP) is 2.30. The number of carbonyl (C=O) groups excluding carboxylic acids is 1. The monoisotopic (exact) mass is 247 g/mol. The van der Waals surface area contributed by atoms with Crippen LogP contribution in [0.3, 0.4) is 0 Å². The molecule has 4 heteroatoms. The third-order valence-electron chi connectivity index (χ3n) is 3.45. The van der Waals surface area contributed by atoms with Gasteiger partial charge in [-0.05, 0) is 37.5 Å². The topological polar surface area (TPSA) is 58.4 Å². The molecular formula is C14H21N3O. The SMILES string of the molecule is Cc1ccc(C(=O)N2CCCCCC2)c(NN)c1. The number of nitrogens with one attached hydrogen (secondary N) is 1. The zero-order valence-electron chi connectivity index (χ0n) is 10.9. The molecule has 0 atom stereocenters. The summed E-state index contributed by atoms with van der Waals surface area (Å²) in [7, 11) is 0. The fourth-order valence-corrected chi connectivity index (χ4v) is 2.41. The van der Waals surface area contributed by atoms with Gasteiger partial charge in [0.25, 0.3) is 5.91 Å². The molecule has 1 aromatic rings. The Morgan fingerprint density at radius 3 is 2.50 bits per heavy atom. The van der Waals surface area contributed by atoms with Crippen molar-refractivity contribution in [2.75, 3.05) is 18.5 Å². The van der Waals surface area contributed by atoms with Gasteiger partial charge in [-0.3, -0.25) is 10.6 Å². The van der Waals surface area contributed by atoms with Gasteiger partial charge in [-0.1, -0.05) is 18.9 Å². The van der Waals surface area contributed by atoms with E-state index in [1.165, 1.54) is 12.8 Å². The summed E-state index contributed by atoms with van der Waals surface area (Å²) in [5.74, 6) is 5.58. The number of nitrogens with two attached hydrogens (primary N) is 1. The van der Waals surface area contributed by atoms with Crippen molar-refractivity contribution >= 4 is 11.6 Å². The molecular weight excluding hydrogens is 226 g/mol. The van der Waals surface area contributed by atoms with Crippen LogP contribution < -0.4 is 11.3 Å².